The second-order valence-electron chi connectivity index (χ2n) is 7.65. The lowest BCUT2D eigenvalue weighted by Gasteiger charge is -2.15. The van der Waals surface area contributed by atoms with Crippen molar-refractivity contribution in [3.05, 3.63) is 94.4 Å². The first kappa shape index (κ1) is 22.2. The molecule has 7 nitrogen and oxygen atoms in total. The van der Waals surface area contributed by atoms with Gasteiger partial charge in [-0.3, -0.25) is 24.3 Å². The van der Waals surface area contributed by atoms with Crippen LogP contribution in [0.15, 0.2) is 72.7 Å². The van der Waals surface area contributed by atoms with Crippen LogP contribution in [0.4, 0.5) is 11.4 Å². The molecule has 0 aliphatic carbocycles. The van der Waals surface area contributed by atoms with Crippen molar-refractivity contribution < 1.29 is 14.4 Å². The zero-order valence-electron chi connectivity index (χ0n) is 18.1. The largest absolute Gasteiger partial charge is 0.350 e. The van der Waals surface area contributed by atoms with E-state index in [2.05, 4.69) is 15.6 Å². The van der Waals surface area contributed by atoms with Crippen molar-refractivity contribution in [3.63, 3.8) is 0 Å². The molecule has 33 heavy (non-hydrogen) atoms. The van der Waals surface area contributed by atoms with Crippen LogP contribution in [0, 0.1) is 6.92 Å². The third-order valence-corrected chi connectivity index (χ3v) is 5.42. The standard InChI is InChI=1S/C25H21ClN4O3/c1-15-5-8-19(26)12-21(15)29-23-22(18-6-9-20(10-7-18)28-16(2)31)24(32)30(25(23)33)14-17-4-3-11-27-13-17/h3-13,29H,14H2,1-2H3,(H,28,31). The molecular weight excluding hydrogens is 440 g/mol. The lowest BCUT2D eigenvalue weighted by molar-refractivity contribution is -0.137. The first-order valence-corrected chi connectivity index (χ1v) is 10.6. The summed E-state index contributed by atoms with van der Waals surface area (Å²) in [6.07, 6.45) is 3.25. The normalized spacial score (nSPS) is 13.5. The van der Waals surface area contributed by atoms with Crippen LogP contribution < -0.4 is 10.6 Å². The Labute approximate surface area is 196 Å². The maximum absolute atomic E-state index is 13.4. The lowest BCUT2D eigenvalue weighted by Crippen LogP contribution is -2.32. The van der Waals surface area contributed by atoms with Crippen LogP contribution in [0.2, 0.25) is 5.02 Å². The smallest absolute Gasteiger partial charge is 0.278 e. The molecule has 4 rings (SSSR count). The minimum atomic E-state index is -0.441. The second-order valence-corrected chi connectivity index (χ2v) is 8.09. The summed E-state index contributed by atoms with van der Waals surface area (Å²) < 4.78 is 0. The molecule has 166 valence electrons. The number of rotatable bonds is 6. The maximum atomic E-state index is 13.4. The number of hydrogen-bond donors (Lipinski definition) is 2. The summed E-state index contributed by atoms with van der Waals surface area (Å²) in [5.74, 6) is -1.06. The molecule has 0 fully saturated rings. The number of benzene rings is 2. The Morgan fingerprint density at radius 3 is 2.48 bits per heavy atom. The number of nitrogens with zero attached hydrogens (tertiary/aromatic N) is 2. The number of hydrogen-bond acceptors (Lipinski definition) is 5. The van der Waals surface area contributed by atoms with Crippen LogP contribution in [-0.2, 0) is 20.9 Å². The fourth-order valence-electron chi connectivity index (χ4n) is 3.56. The number of carbonyl (C=O) groups excluding carboxylic acids is 3. The number of nitrogens with one attached hydrogen (secondary N) is 2. The highest BCUT2D eigenvalue weighted by Gasteiger charge is 2.39. The molecule has 0 saturated heterocycles. The number of aromatic nitrogens is 1. The van der Waals surface area contributed by atoms with Crippen molar-refractivity contribution in [1.29, 1.82) is 0 Å². The van der Waals surface area contributed by atoms with E-state index in [0.29, 0.717) is 22.0 Å². The van der Waals surface area contributed by atoms with Crippen molar-refractivity contribution in [2.75, 3.05) is 10.6 Å². The van der Waals surface area contributed by atoms with Crippen molar-refractivity contribution in [2.45, 2.75) is 20.4 Å². The van der Waals surface area contributed by atoms with Gasteiger partial charge in [0, 0.05) is 35.7 Å². The molecular formula is C25H21ClN4O3. The van der Waals surface area contributed by atoms with Crippen LogP contribution in [-0.4, -0.2) is 27.6 Å². The third kappa shape index (κ3) is 4.78. The summed E-state index contributed by atoms with van der Waals surface area (Å²) in [6.45, 7) is 3.40. The van der Waals surface area contributed by atoms with Gasteiger partial charge in [-0.2, -0.15) is 0 Å². The summed E-state index contributed by atoms with van der Waals surface area (Å²) in [5.41, 5.74) is 3.81. The SMILES string of the molecule is CC(=O)Nc1ccc(C2=C(Nc3cc(Cl)ccc3C)C(=O)N(Cc3cccnc3)C2=O)cc1. The topological polar surface area (TPSA) is 91.4 Å². The van der Waals surface area contributed by atoms with E-state index in [1.165, 1.54) is 11.8 Å². The van der Waals surface area contributed by atoms with Gasteiger partial charge in [0.2, 0.25) is 5.91 Å². The molecule has 0 spiro atoms. The van der Waals surface area contributed by atoms with Gasteiger partial charge < -0.3 is 10.6 Å². The highest BCUT2D eigenvalue weighted by Crippen LogP contribution is 2.33. The van der Waals surface area contributed by atoms with Crippen LogP contribution in [0.25, 0.3) is 5.57 Å². The third-order valence-electron chi connectivity index (χ3n) is 5.18. The van der Waals surface area contributed by atoms with Gasteiger partial charge in [-0.25, -0.2) is 0 Å². The van der Waals surface area contributed by atoms with E-state index < -0.39 is 11.8 Å². The van der Waals surface area contributed by atoms with Crippen molar-refractivity contribution in [2.24, 2.45) is 0 Å². The number of anilines is 2. The predicted molar refractivity (Wildman–Crippen MR) is 127 cm³/mol. The number of carbonyl (C=O) groups is 3. The van der Waals surface area contributed by atoms with Crippen LogP contribution in [0.3, 0.4) is 0 Å². The fraction of sp³-hybridized carbons (Fsp3) is 0.120. The first-order chi connectivity index (χ1) is 15.8. The van der Waals surface area contributed by atoms with Gasteiger partial charge in [-0.1, -0.05) is 35.9 Å². The van der Waals surface area contributed by atoms with E-state index in [1.54, 1.807) is 54.9 Å². The minimum Gasteiger partial charge on any atom is -0.350 e. The zero-order chi connectivity index (χ0) is 23.5. The average Bonchev–Trinajstić information content (AvgIpc) is 3.01. The van der Waals surface area contributed by atoms with Crippen LogP contribution in [0.1, 0.15) is 23.6 Å². The number of imide groups is 1. The van der Waals surface area contributed by atoms with Gasteiger partial charge in [0.15, 0.2) is 0 Å². The molecule has 3 aromatic rings. The molecule has 0 atom stereocenters. The number of aryl methyl sites for hydroxylation is 1. The summed E-state index contributed by atoms with van der Waals surface area (Å²) in [4.78, 5) is 43.4. The Morgan fingerprint density at radius 1 is 1.06 bits per heavy atom. The number of pyridine rings is 1. The zero-order valence-corrected chi connectivity index (χ0v) is 18.8. The molecule has 3 amide bonds. The summed E-state index contributed by atoms with van der Waals surface area (Å²) in [5, 5.41) is 6.34. The van der Waals surface area contributed by atoms with Crippen LogP contribution >= 0.6 is 11.6 Å². The van der Waals surface area contributed by atoms with E-state index in [1.807, 2.05) is 19.1 Å². The summed E-state index contributed by atoms with van der Waals surface area (Å²) >= 11 is 6.16. The Bertz CT molecular complexity index is 1270. The number of halogens is 1. The highest BCUT2D eigenvalue weighted by molar-refractivity contribution is 6.36. The van der Waals surface area contributed by atoms with Gasteiger partial charge in [0.1, 0.15) is 5.70 Å². The molecule has 1 aromatic heterocycles. The Balaban J connectivity index is 1.75. The highest BCUT2D eigenvalue weighted by atomic mass is 35.5. The molecule has 8 heteroatoms. The second kappa shape index (κ2) is 9.26. The molecule has 0 saturated carbocycles. The Morgan fingerprint density at radius 2 is 1.82 bits per heavy atom. The molecule has 1 aliphatic heterocycles. The molecule has 2 heterocycles. The van der Waals surface area contributed by atoms with E-state index >= 15 is 0 Å². The quantitative estimate of drug-likeness (QED) is 0.532. The van der Waals surface area contributed by atoms with E-state index in [9.17, 15) is 14.4 Å². The molecule has 0 unspecified atom stereocenters. The van der Waals surface area contributed by atoms with E-state index in [0.717, 1.165) is 11.1 Å². The Hall–Kier alpha value is -3.97. The lowest BCUT2D eigenvalue weighted by atomic mass is 10.0. The average molecular weight is 461 g/mol. The number of amides is 3. The summed E-state index contributed by atoms with van der Waals surface area (Å²) in [7, 11) is 0. The van der Waals surface area contributed by atoms with E-state index in [4.69, 9.17) is 11.6 Å². The molecule has 2 aromatic carbocycles. The fourth-order valence-corrected chi connectivity index (χ4v) is 3.74. The Kier molecular flexibility index (Phi) is 6.24. The first-order valence-electron chi connectivity index (χ1n) is 10.2. The van der Waals surface area contributed by atoms with Crippen molar-refractivity contribution in [3.8, 4) is 0 Å². The van der Waals surface area contributed by atoms with Crippen molar-refractivity contribution >= 4 is 46.3 Å². The van der Waals surface area contributed by atoms with Gasteiger partial charge in [0.25, 0.3) is 11.8 Å². The monoisotopic (exact) mass is 460 g/mol. The van der Waals surface area contributed by atoms with Gasteiger partial charge >= 0.3 is 0 Å². The van der Waals surface area contributed by atoms with Gasteiger partial charge in [0.05, 0.1) is 12.1 Å². The summed E-state index contributed by atoms with van der Waals surface area (Å²) in [6, 6.07) is 15.6. The molecule has 0 bridgehead atoms. The molecule has 0 radical (unpaired) electrons. The van der Waals surface area contributed by atoms with Crippen LogP contribution in [0.5, 0.6) is 0 Å². The van der Waals surface area contributed by atoms with Gasteiger partial charge in [-0.05, 0) is 53.9 Å². The molecule has 1 aliphatic rings. The van der Waals surface area contributed by atoms with E-state index in [-0.39, 0.29) is 23.7 Å². The van der Waals surface area contributed by atoms with Crippen molar-refractivity contribution in [1.82, 2.24) is 9.88 Å². The molecule has 2 N–H and O–H groups in total. The van der Waals surface area contributed by atoms with Gasteiger partial charge in [-0.15, -0.1) is 0 Å². The minimum absolute atomic E-state index is 0.0959. The maximum Gasteiger partial charge on any atom is 0.278 e. The predicted octanol–water partition coefficient (Wildman–Crippen LogP) is 4.39.